The Hall–Kier alpha value is -3.30. The molecular formula is C39H56ClN3O10S. The van der Waals surface area contributed by atoms with E-state index in [1.807, 2.05) is 26.2 Å². The SMILES string of the molecule is COc1cc2cc(c1Cl)N(C)C(=O)C[C@H](OC(=O)[C@H](C)N(C)C(=O)CCCCCSC)[C@]1(C)O[C@H]1[C@H](C)[C@@H]1C[C@@](O)(NC(=O)O1)[C@H](OC)/C=C/C=C(\C)C2. The molecule has 3 aliphatic rings. The molecule has 0 spiro atoms. The Labute approximate surface area is 328 Å². The van der Waals surface area contributed by atoms with Crippen molar-refractivity contribution >= 4 is 52.9 Å². The number of ether oxygens (including phenoxy) is 5. The van der Waals surface area contributed by atoms with E-state index in [0.29, 0.717) is 30.7 Å². The number of methoxy groups -OCH3 is 2. The summed E-state index contributed by atoms with van der Waals surface area (Å²) < 4.78 is 29.3. The van der Waals surface area contributed by atoms with E-state index in [2.05, 4.69) is 5.32 Å². The van der Waals surface area contributed by atoms with E-state index >= 15 is 0 Å². The maximum atomic E-state index is 14.2. The Morgan fingerprint density at radius 3 is 2.61 bits per heavy atom. The second kappa shape index (κ2) is 18.6. The number of fused-ring (bicyclic) bond motifs is 5. The van der Waals surface area contributed by atoms with E-state index in [0.717, 1.165) is 29.7 Å². The van der Waals surface area contributed by atoms with Gasteiger partial charge >= 0.3 is 12.1 Å². The predicted molar refractivity (Wildman–Crippen MR) is 208 cm³/mol. The smallest absolute Gasteiger partial charge is 0.409 e. The van der Waals surface area contributed by atoms with Crippen LogP contribution in [-0.2, 0) is 39.8 Å². The molecule has 4 rings (SSSR count). The van der Waals surface area contributed by atoms with Crippen molar-refractivity contribution in [3.8, 4) is 5.75 Å². The molecular weight excluding hydrogens is 738 g/mol. The van der Waals surface area contributed by atoms with Gasteiger partial charge in [0.25, 0.3) is 0 Å². The van der Waals surface area contributed by atoms with Crippen molar-refractivity contribution in [1.29, 1.82) is 0 Å². The Balaban J connectivity index is 1.70. The number of thioether (sulfide) groups is 1. The van der Waals surface area contributed by atoms with Crippen molar-refractivity contribution in [2.24, 2.45) is 5.92 Å². The molecule has 3 aliphatic heterocycles. The lowest BCUT2D eigenvalue weighted by Crippen LogP contribution is -2.63. The minimum atomic E-state index is -1.82. The third-order valence-corrected chi connectivity index (χ3v) is 11.8. The summed E-state index contributed by atoms with van der Waals surface area (Å²) in [5.74, 6) is -0.414. The Kier molecular flexibility index (Phi) is 14.9. The number of benzene rings is 1. The monoisotopic (exact) mass is 793 g/mol. The van der Waals surface area contributed by atoms with Crippen LogP contribution in [0.2, 0.25) is 5.02 Å². The van der Waals surface area contributed by atoms with E-state index < -0.39 is 65.7 Å². The van der Waals surface area contributed by atoms with Crippen LogP contribution in [0.5, 0.6) is 5.75 Å². The lowest BCUT2D eigenvalue weighted by Gasteiger charge is -2.42. The van der Waals surface area contributed by atoms with Crippen molar-refractivity contribution in [3.05, 3.63) is 46.5 Å². The van der Waals surface area contributed by atoms with Gasteiger partial charge < -0.3 is 38.6 Å². The average molecular weight is 794 g/mol. The number of likely N-dealkylation sites (N-methyl/N-ethyl adjacent to an activating group) is 1. The van der Waals surface area contributed by atoms with E-state index in [1.165, 1.54) is 24.0 Å². The molecule has 0 saturated carbocycles. The molecule has 3 heterocycles. The fraction of sp³-hybridized carbons (Fsp3) is 0.641. The molecule has 13 nitrogen and oxygen atoms in total. The zero-order valence-electron chi connectivity index (χ0n) is 32.8. The highest BCUT2D eigenvalue weighted by Crippen LogP contribution is 2.49. The number of nitrogens with zero attached hydrogens (tertiary/aromatic N) is 2. The largest absolute Gasteiger partial charge is 0.495 e. The Bertz CT molecular complexity index is 1610. The van der Waals surface area contributed by atoms with Crippen LogP contribution in [0.15, 0.2) is 35.9 Å². The molecule has 3 amide bonds. The standard InChI is InChI=1S/C39H56ClN3O10S/c1-23-14-13-15-30(50-8)39(48)22-29(51-37(47)41-39)24(2)35-38(4,53-35)31(52-36(46)25(3)42(5)32(44)16-11-10-12-17-54-9)21-33(45)43(6)27-19-26(18-23)20-28(49-7)34(27)40/h13-15,19-20,24-25,29-31,35,48H,10-12,16-18,21-22H2,1-9H3,(H,41,47)/b15-13+,23-14+/t24-,25+,29+,30-,31+,35+,38+,39+/m1/s1. The van der Waals surface area contributed by atoms with Crippen LogP contribution in [-0.4, -0.2) is 116 Å². The van der Waals surface area contributed by atoms with E-state index in [9.17, 15) is 24.3 Å². The summed E-state index contributed by atoms with van der Waals surface area (Å²) in [5.41, 5.74) is -0.872. The normalized spacial score (nSPS) is 30.8. The number of epoxide rings is 1. The number of esters is 1. The summed E-state index contributed by atoms with van der Waals surface area (Å²) >= 11 is 8.53. The molecule has 2 N–H and O–H groups in total. The number of allylic oxidation sites excluding steroid dienone is 3. The zero-order valence-corrected chi connectivity index (χ0v) is 34.4. The molecule has 0 unspecified atom stereocenters. The quantitative estimate of drug-likeness (QED) is 0.167. The second-order valence-corrected chi connectivity index (χ2v) is 16.1. The number of hydrogen-bond acceptors (Lipinski definition) is 11. The van der Waals surface area contributed by atoms with Crippen LogP contribution in [0.25, 0.3) is 0 Å². The number of hydrogen-bond donors (Lipinski definition) is 2. The summed E-state index contributed by atoms with van der Waals surface area (Å²) in [5, 5.41) is 14.5. The van der Waals surface area contributed by atoms with Crippen molar-refractivity contribution in [2.45, 2.75) is 114 Å². The van der Waals surface area contributed by atoms with Crippen LogP contribution in [0.1, 0.15) is 71.8 Å². The first kappa shape index (κ1) is 43.4. The summed E-state index contributed by atoms with van der Waals surface area (Å²) in [6.07, 6.45) is 6.01. The van der Waals surface area contributed by atoms with E-state index in [4.69, 9.17) is 35.3 Å². The van der Waals surface area contributed by atoms with Gasteiger partial charge in [0.1, 0.15) is 40.7 Å². The van der Waals surface area contributed by atoms with Crippen LogP contribution >= 0.6 is 23.4 Å². The van der Waals surface area contributed by atoms with Gasteiger partial charge in [-0.15, -0.1) is 0 Å². The number of halogens is 1. The first-order valence-electron chi connectivity index (χ1n) is 18.3. The van der Waals surface area contributed by atoms with Gasteiger partial charge in [-0.2, -0.15) is 11.8 Å². The van der Waals surface area contributed by atoms with Crippen LogP contribution in [0.4, 0.5) is 10.5 Å². The number of rotatable bonds is 11. The zero-order chi connectivity index (χ0) is 40.0. The van der Waals surface area contributed by atoms with Gasteiger partial charge in [0, 0.05) is 40.0 Å². The van der Waals surface area contributed by atoms with Gasteiger partial charge in [-0.25, -0.2) is 9.59 Å². The van der Waals surface area contributed by atoms with Crippen LogP contribution < -0.4 is 15.0 Å². The van der Waals surface area contributed by atoms with E-state index in [-0.39, 0.29) is 23.8 Å². The number of carbonyl (C=O) groups excluding carboxylic acids is 4. The number of amides is 3. The highest BCUT2D eigenvalue weighted by atomic mass is 35.5. The molecule has 1 aromatic carbocycles. The second-order valence-electron chi connectivity index (χ2n) is 14.7. The molecule has 0 aromatic heterocycles. The maximum absolute atomic E-state index is 14.2. The first-order valence-corrected chi connectivity index (χ1v) is 20.1. The molecule has 4 bridgehead atoms. The molecule has 15 heteroatoms. The van der Waals surface area contributed by atoms with Gasteiger partial charge in [-0.05, 0) is 69.7 Å². The van der Waals surface area contributed by atoms with Gasteiger partial charge in [-0.3, -0.25) is 14.9 Å². The summed E-state index contributed by atoms with van der Waals surface area (Å²) in [7, 11) is 6.08. The summed E-state index contributed by atoms with van der Waals surface area (Å²) in [4.78, 5) is 56.6. The molecule has 0 aliphatic carbocycles. The van der Waals surface area contributed by atoms with Gasteiger partial charge in [0.2, 0.25) is 11.8 Å². The molecule has 2 fully saturated rings. The van der Waals surface area contributed by atoms with Gasteiger partial charge in [-0.1, -0.05) is 48.7 Å². The lowest BCUT2D eigenvalue weighted by atomic mass is 9.83. The molecule has 54 heavy (non-hydrogen) atoms. The van der Waals surface area contributed by atoms with Gasteiger partial charge in [0.15, 0.2) is 5.72 Å². The molecule has 8 atom stereocenters. The van der Waals surface area contributed by atoms with Crippen LogP contribution in [0, 0.1) is 5.92 Å². The minimum absolute atomic E-state index is 0.0428. The fourth-order valence-corrected chi connectivity index (χ4v) is 7.90. The summed E-state index contributed by atoms with van der Waals surface area (Å²) in [6.45, 7) is 7.06. The predicted octanol–water partition coefficient (Wildman–Crippen LogP) is 5.44. The molecule has 300 valence electrons. The third-order valence-electron chi connectivity index (χ3n) is 10.8. The minimum Gasteiger partial charge on any atom is -0.495 e. The number of aliphatic hydroxyl groups is 1. The van der Waals surface area contributed by atoms with E-state index in [1.54, 1.807) is 64.0 Å². The highest BCUT2D eigenvalue weighted by Gasteiger charge is 2.64. The molecule has 2 saturated heterocycles. The number of nitrogens with one attached hydrogen (secondary N) is 1. The average Bonchev–Trinajstić information content (AvgIpc) is 3.83. The van der Waals surface area contributed by atoms with Crippen molar-refractivity contribution in [2.75, 3.05) is 45.2 Å². The highest BCUT2D eigenvalue weighted by molar-refractivity contribution is 7.98. The van der Waals surface area contributed by atoms with Crippen LogP contribution in [0.3, 0.4) is 0 Å². The van der Waals surface area contributed by atoms with Crippen molar-refractivity contribution in [3.63, 3.8) is 0 Å². The fourth-order valence-electron chi connectivity index (χ4n) is 7.09. The number of carbonyl (C=O) groups is 4. The maximum Gasteiger partial charge on any atom is 0.409 e. The molecule has 0 radical (unpaired) electrons. The lowest BCUT2D eigenvalue weighted by molar-refractivity contribution is -0.162. The van der Waals surface area contributed by atoms with Crippen molar-refractivity contribution < 1.29 is 48.0 Å². The number of anilines is 1. The first-order chi connectivity index (χ1) is 25.5. The Morgan fingerprint density at radius 2 is 1.94 bits per heavy atom. The number of alkyl carbamates (subject to hydrolysis) is 1. The molecule has 1 aromatic rings. The Morgan fingerprint density at radius 1 is 1.22 bits per heavy atom. The van der Waals surface area contributed by atoms with Gasteiger partial charge in [0.05, 0.1) is 25.3 Å². The number of unbranched alkanes of at least 4 members (excludes halogenated alkanes) is 2. The third kappa shape index (κ3) is 10.1. The summed E-state index contributed by atoms with van der Waals surface area (Å²) in [6, 6.07) is 2.66. The topological polar surface area (TPSA) is 156 Å². The van der Waals surface area contributed by atoms with Crippen molar-refractivity contribution in [1.82, 2.24) is 10.2 Å².